The number of thiazole rings is 1. The minimum atomic E-state index is -0.0540. The molecule has 0 radical (unpaired) electrons. The number of aryl methyl sites for hydroxylation is 1. The van der Waals surface area contributed by atoms with E-state index in [2.05, 4.69) is 4.98 Å². The highest BCUT2D eigenvalue weighted by molar-refractivity contribution is 7.12. The van der Waals surface area contributed by atoms with Crippen LogP contribution in [0.25, 0.3) is 5.13 Å². The first-order chi connectivity index (χ1) is 11.6. The minimum Gasteiger partial charge on any atom is -0.497 e. The van der Waals surface area contributed by atoms with E-state index < -0.39 is 0 Å². The Morgan fingerprint density at radius 3 is 2.54 bits per heavy atom. The van der Waals surface area contributed by atoms with Gasteiger partial charge in [0.1, 0.15) is 11.5 Å². The van der Waals surface area contributed by atoms with E-state index in [-0.39, 0.29) is 12.4 Å². The summed E-state index contributed by atoms with van der Waals surface area (Å²) in [5.41, 5.74) is 2.53. The van der Waals surface area contributed by atoms with Gasteiger partial charge in [0.05, 0.1) is 7.11 Å². The van der Waals surface area contributed by atoms with Crippen LogP contribution in [0, 0.1) is 13.8 Å². The molecule has 0 amide bonds. The highest BCUT2D eigenvalue weighted by atomic mass is 32.1. The van der Waals surface area contributed by atoms with Crippen molar-refractivity contribution in [2.75, 3.05) is 13.7 Å². The third kappa shape index (κ3) is 3.19. The normalized spacial score (nSPS) is 10.6. The molecule has 0 aliphatic carbocycles. The highest BCUT2D eigenvalue weighted by Gasteiger charge is 2.18. The van der Waals surface area contributed by atoms with E-state index in [0.29, 0.717) is 11.3 Å². The van der Waals surface area contributed by atoms with Crippen LogP contribution in [0.3, 0.4) is 0 Å². The third-order valence-electron chi connectivity index (χ3n) is 3.77. The average Bonchev–Trinajstić information content (AvgIpc) is 3.21. The standard InChI is InChI=1S/C18H18N2O3S/c1-12-10-16(13(2)20(12)18-19-8-9-24-18)17(21)11-23-15-6-4-14(22-3)5-7-15/h4-10H,11H2,1-3H3. The summed E-state index contributed by atoms with van der Waals surface area (Å²) in [4.78, 5) is 16.8. The molecular weight excluding hydrogens is 324 g/mol. The predicted molar refractivity (Wildman–Crippen MR) is 93.7 cm³/mol. The molecule has 5 nitrogen and oxygen atoms in total. The number of methoxy groups -OCH3 is 1. The van der Waals surface area contributed by atoms with Crippen molar-refractivity contribution in [2.45, 2.75) is 13.8 Å². The maximum Gasteiger partial charge on any atom is 0.202 e. The Bertz CT molecular complexity index is 836. The number of ketones is 1. The first kappa shape index (κ1) is 16.3. The van der Waals surface area contributed by atoms with Crippen molar-refractivity contribution in [2.24, 2.45) is 0 Å². The van der Waals surface area contributed by atoms with Crippen LogP contribution in [0.4, 0.5) is 0 Å². The number of Topliss-reactive ketones (excluding diaryl/α,β-unsaturated/α-hetero) is 1. The summed E-state index contributed by atoms with van der Waals surface area (Å²) in [6.07, 6.45) is 1.76. The smallest absolute Gasteiger partial charge is 0.202 e. The van der Waals surface area contributed by atoms with Crippen molar-refractivity contribution < 1.29 is 14.3 Å². The Balaban J connectivity index is 1.74. The zero-order valence-corrected chi connectivity index (χ0v) is 14.6. The summed E-state index contributed by atoms with van der Waals surface area (Å²) in [7, 11) is 1.61. The van der Waals surface area contributed by atoms with Crippen LogP contribution in [0.15, 0.2) is 41.9 Å². The Labute approximate surface area is 144 Å². The van der Waals surface area contributed by atoms with E-state index in [1.54, 1.807) is 48.9 Å². The van der Waals surface area contributed by atoms with Crippen molar-refractivity contribution in [3.63, 3.8) is 0 Å². The van der Waals surface area contributed by atoms with Gasteiger partial charge >= 0.3 is 0 Å². The van der Waals surface area contributed by atoms with Gasteiger partial charge < -0.3 is 9.47 Å². The molecular formula is C18H18N2O3S. The Morgan fingerprint density at radius 1 is 1.21 bits per heavy atom. The molecule has 1 aromatic carbocycles. The van der Waals surface area contributed by atoms with Gasteiger partial charge in [-0.05, 0) is 44.2 Å². The van der Waals surface area contributed by atoms with E-state index in [1.807, 2.05) is 29.9 Å². The summed E-state index contributed by atoms with van der Waals surface area (Å²) in [6, 6.07) is 9.05. The molecule has 3 rings (SSSR count). The Morgan fingerprint density at radius 2 is 1.92 bits per heavy atom. The van der Waals surface area contributed by atoms with Crippen LogP contribution in [-0.2, 0) is 0 Å². The number of benzene rings is 1. The van der Waals surface area contributed by atoms with Gasteiger partial charge in [0, 0.05) is 28.5 Å². The molecule has 0 bridgehead atoms. The highest BCUT2D eigenvalue weighted by Crippen LogP contribution is 2.23. The van der Waals surface area contributed by atoms with Crippen LogP contribution >= 0.6 is 11.3 Å². The maximum atomic E-state index is 12.5. The molecule has 0 fully saturated rings. The number of nitrogens with zero attached hydrogens (tertiary/aromatic N) is 2. The number of hydrogen-bond donors (Lipinski definition) is 0. The Kier molecular flexibility index (Phi) is 4.66. The summed E-state index contributed by atoms with van der Waals surface area (Å²) in [5, 5.41) is 2.78. The molecule has 0 aliphatic heterocycles. The lowest BCUT2D eigenvalue weighted by Crippen LogP contribution is -2.12. The van der Waals surface area contributed by atoms with E-state index in [1.165, 1.54) is 0 Å². The molecule has 0 N–H and O–H groups in total. The fourth-order valence-electron chi connectivity index (χ4n) is 2.56. The third-order valence-corrected chi connectivity index (χ3v) is 4.53. The van der Waals surface area contributed by atoms with Gasteiger partial charge in [-0.1, -0.05) is 0 Å². The van der Waals surface area contributed by atoms with Crippen LogP contribution < -0.4 is 9.47 Å². The number of carbonyl (C=O) groups excluding carboxylic acids is 1. The van der Waals surface area contributed by atoms with Crippen LogP contribution in [0.1, 0.15) is 21.7 Å². The van der Waals surface area contributed by atoms with Gasteiger partial charge in [-0.2, -0.15) is 0 Å². The number of aromatic nitrogens is 2. The fraction of sp³-hybridized carbons (Fsp3) is 0.222. The molecule has 6 heteroatoms. The monoisotopic (exact) mass is 342 g/mol. The molecule has 24 heavy (non-hydrogen) atoms. The summed E-state index contributed by atoms with van der Waals surface area (Å²) in [6.45, 7) is 3.89. The van der Waals surface area contributed by atoms with Crippen molar-refractivity contribution in [1.82, 2.24) is 9.55 Å². The van der Waals surface area contributed by atoms with Gasteiger partial charge in [-0.25, -0.2) is 4.98 Å². The van der Waals surface area contributed by atoms with Crippen molar-refractivity contribution >= 4 is 17.1 Å². The lowest BCUT2D eigenvalue weighted by molar-refractivity contribution is 0.0921. The maximum absolute atomic E-state index is 12.5. The van der Waals surface area contributed by atoms with Crippen molar-refractivity contribution in [3.05, 3.63) is 58.9 Å². The molecule has 3 aromatic rings. The second kappa shape index (κ2) is 6.88. The molecule has 0 saturated heterocycles. The lowest BCUT2D eigenvalue weighted by atomic mass is 10.1. The number of ether oxygens (including phenoxy) is 2. The average molecular weight is 342 g/mol. The summed E-state index contributed by atoms with van der Waals surface area (Å²) in [5.74, 6) is 1.33. The molecule has 0 unspecified atom stereocenters. The molecule has 0 saturated carbocycles. The zero-order valence-electron chi connectivity index (χ0n) is 13.8. The largest absolute Gasteiger partial charge is 0.497 e. The quantitative estimate of drug-likeness (QED) is 0.639. The first-order valence-electron chi connectivity index (χ1n) is 7.49. The molecule has 0 atom stereocenters. The number of rotatable bonds is 6. The SMILES string of the molecule is COc1ccc(OCC(=O)c2cc(C)n(-c3nccs3)c2C)cc1. The van der Waals surface area contributed by atoms with Gasteiger partial charge in [-0.3, -0.25) is 9.36 Å². The predicted octanol–water partition coefficient (Wildman–Crippen LogP) is 3.82. The second-order valence-electron chi connectivity index (χ2n) is 5.32. The van der Waals surface area contributed by atoms with E-state index in [4.69, 9.17) is 9.47 Å². The lowest BCUT2D eigenvalue weighted by Gasteiger charge is -2.07. The van der Waals surface area contributed by atoms with Gasteiger partial charge in [0.15, 0.2) is 11.7 Å². The van der Waals surface area contributed by atoms with E-state index in [9.17, 15) is 4.79 Å². The van der Waals surface area contributed by atoms with Crippen LogP contribution in [-0.4, -0.2) is 29.1 Å². The molecule has 124 valence electrons. The Hall–Kier alpha value is -2.60. The fourth-order valence-corrected chi connectivity index (χ4v) is 3.32. The van der Waals surface area contributed by atoms with Crippen LogP contribution in [0.5, 0.6) is 11.5 Å². The van der Waals surface area contributed by atoms with Crippen molar-refractivity contribution in [1.29, 1.82) is 0 Å². The van der Waals surface area contributed by atoms with Crippen molar-refractivity contribution in [3.8, 4) is 16.6 Å². The molecule has 2 aromatic heterocycles. The van der Waals surface area contributed by atoms with E-state index >= 15 is 0 Å². The summed E-state index contributed by atoms with van der Waals surface area (Å²) >= 11 is 1.54. The molecule has 0 aliphatic rings. The van der Waals surface area contributed by atoms with Crippen LogP contribution in [0.2, 0.25) is 0 Å². The van der Waals surface area contributed by atoms with Gasteiger partial charge in [-0.15, -0.1) is 11.3 Å². The minimum absolute atomic E-state index is 0.00547. The topological polar surface area (TPSA) is 53.4 Å². The summed E-state index contributed by atoms with van der Waals surface area (Å²) < 4.78 is 12.7. The number of carbonyl (C=O) groups is 1. The molecule has 2 heterocycles. The number of hydrogen-bond acceptors (Lipinski definition) is 5. The molecule has 0 spiro atoms. The zero-order chi connectivity index (χ0) is 17.1. The van der Waals surface area contributed by atoms with Gasteiger partial charge in [0.2, 0.25) is 5.78 Å². The van der Waals surface area contributed by atoms with E-state index in [0.717, 1.165) is 22.3 Å². The second-order valence-corrected chi connectivity index (χ2v) is 6.20. The first-order valence-corrected chi connectivity index (χ1v) is 8.37. The van der Waals surface area contributed by atoms with Gasteiger partial charge in [0.25, 0.3) is 0 Å².